The number of fused-ring (bicyclic) bond motifs is 1. The van der Waals surface area contributed by atoms with Crippen LogP contribution in [-0.4, -0.2) is 44.7 Å². The van der Waals surface area contributed by atoms with Gasteiger partial charge in [-0.2, -0.15) is 4.98 Å². The zero-order valence-electron chi connectivity index (χ0n) is 18.9. The molecule has 9 nitrogen and oxygen atoms in total. The number of carbonyl (C=O) groups is 1. The lowest BCUT2D eigenvalue weighted by Gasteiger charge is -2.19. The number of aromatic nitrogens is 4. The quantitative estimate of drug-likeness (QED) is 0.292. The number of ether oxygens (including phenoxy) is 1. The number of anilines is 2. The van der Waals surface area contributed by atoms with E-state index in [0.717, 1.165) is 16.7 Å². The number of aromatic amines is 1. The van der Waals surface area contributed by atoms with E-state index in [4.69, 9.17) is 27.2 Å². The number of aryl methyl sites for hydroxylation is 1. The molecule has 0 radical (unpaired) electrons. The largest absolute Gasteiger partial charge is 0.496 e. The number of rotatable bonds is 5. The Hall–Kier alpha value is -3.87. The van der Waals surface area contributed by atoms with Crippen molar-refractivity contribution in [3.8, 4) is 17.6 Å². The third-order valence-electron chi connectivity index (χ3n) is 5.40. The van der Waals surface area contributed by atoms with Gasteiger partial charge in [0.1, 0.15) is 10.9 Å². The minimum absolute atomic E-state index is 0.00172. The smallest absolute Gasteiger partial charge is 0.260 e. The molecule has 1 aliphatic heterocycles. The van der Waals surface area contributed by atoms with Crippen LogP contribution in [0.3, 0.4) is 0 Å². The average molecular weight is 479 g/mol. The van der Waals surface area contributed by atoms with Gasteiger partial charge in [0, 0.05) is 41.2 Å². The fourth-order valence-corrected chi connectivity index (χ4v) is 4.09. The van der Waals surface area contributed by atoms with Crippen molar-refractivity contribution in [3.63, 3.8) is 0 Å². The Balaban J connectivity index is 1.76. The third kappa shape index (κ3) is 4.33. The molecule has 4 heterocycles. The van der Waals surface area contributed by atoms with Crippen LogP contribution in [-0.2, 0) is 11.3 Å². The van der Waals surface area contributed by atoms with Gasteiger partial charge in [-0.3, -0.25) is 14.7 Å². The normalized spacial score (nSPS) is 13.7. The van der Waals surface area contributed by atoms with Gasteiger partial charge < -0.3 is 20.6 Å². The van der Waals surface area contributed by atoms with Gasteiger partial charge in [-0.25, -0.2) is 4.98 Å². The number of H-pyrrole nitrogens is 1. The standard InChI is InChI=1S/C24H23ClN6O3/c1-13-10-28-18(14(2)20(13)34-3)12-31-22-19(21(25)29-24(26)30-22)17(23(31)33)9-16-8-15(11-27-16)6-4-5-7-32/h8-11,27,32H,5,7,12H2,1-3H3,(H2,26,29,30)/b17-9-. The van der Waals surface area contributed by atoms with Crippen LogP contribution in [0.2, 0.25) is 5.15 Å². The molecule has 0 aliphatic carbocycles. The van der Waals surface area contributed by atoms with E-state index in [1.165, 1.54) is 4.90 Å². The monoisotopic (exact) mass is 478 g/mol. The molecule has 0 aromatic carbocycles. The summed E-state index contributed by atoms with van der Waals surface area (Å²) in [5.41, 5.74) is 10.4. The summed E-state index contributed by atoms with van der Waals surface area (Å²) in [6.45, 7) is 3.96. The number of halogens is 1. The van der Waals surface area contributed by atoms with Crippen LogP contribution in [0.4, 0.5) is 11.8 Å². The average Bonchev–Trinajstić information content (AvgIpc) is 3.34. The fraction of sp³-hybridized carbons (Fsp3) is 0.250. The van der Waals surface area contributed by atoms with Crippen molar-refractivity contribution in [3.05, 3.63) is 57.3 Å². The predicted octanol–water partition coefficient (Wildman–Crippen LogP) is 2.88. The van der Waals surface area contributed by atoms with Crippen molar-refractivity contribution in [1.29, 1.82) is 0 Å². The Morgan fingerprint density at radius 2 is 2.15 bits per heavy atom. The van der Waals surface area contributed by atoms with Crippen LogP contribution in [0.15, 0.2) is 18.5 Å². The number of hydrogen-bond acceptors (Lipinski definition) is 7. The van der Waals surface area contributed by atoms with E-state index in [1.807, 2.05) is 13.8 Å². The number of nitrogens with zero attached hydrogens (tertiary/aromatic N) is 4. The second-order valence-corrected chi connectivity index (χ2v) is 8.04. The summed E-state index contributed by atoms with van der Waals surface area (Å²) in [5.74, 6) is 6.52. The highest BCUT2D eigenvalue weighted by Crippen LogP contribution is 2.41. The molecule has 174 valence electrons. The van der Waals surface area contributed by atoms with Gasteiger partial charge in [0.2, 0.25) is 5.95 Å². The highest BCUT2D eigenvalue weighted by atomic mass is 35.5. The van der Waals surface area contributed by atoms with Gasteiger partial charge in [0.15, 0.2) is 5.82 Å². The number of carbonyl (C=O) groups excluding carboxylic acids is 1. The Kier molecular flexibility index (Phi) is 6.54. The maximum atomic E-state index is 13.5. The lowest BCUT2D eigenvalue weighted by molar-refractivity contribution is -0.113. The molecule has 0 fully saturated rings. The number of nitrogen functional groups attached to an aromatic ring is 1. The number of methoxy groups -OCH3 is 1. The summed E-state index contributed by atoms with van der Waals surface area (Å²) in [7, 11) is 1.60. The number of aliphatic hydroxyl groups is 1. The molecule has 3 aromatic rings. The zero-order valence-corrected chi connectivity index (χ0v) is 19.7. The Morgan fingerprint density at radius 3 is 2.88 bits per heavy atom. The SMILES string of the molecule is COc1c(C)cnc(CN2C(=O)/C(=C\c3cc(C#CCCO)c[nH]3)c3c(Cl)nc(N)nc32)c1C. The van der Waals surface area contributed by atoms with E-state index in [2.05, 4.69) is 31.8 Å². The number of nitrogens with two attached hydrogens (primary N) is 1. The Labute approximate surface area is 201 Å². The van der Waals surface area contributed by atoms with Crippen LogP contribution < -0.4 is 15.4 Å². The van der Waals surface area contributed by atoms with Crippen LogP contribution in [0.1, 0.15) is 40.1 Å². The molecule has 0 unspecified atom stereocenters. The van der Waals surface area contributed by atoms with Crippen molar-refractivity contribution >= 4 is 40.9 Å². The van der Waals surface area contributed by atoms with Gasteiger partial charge in [-0.15, -0.1) is 0 Å². The topological polar surface area (TPSA) is 130 Å². The van der Waals surface area contributed by atoms with E-state index in [1.54, 1.807) is 31.6 Å². The molecule has 0 saturated heterocycles. The van der Waals surface area contributed by atoms with Gasteiger partial charge in [-0.05, 0) is 26.0 Å². The maximum absolute atomic E-state index is 13.5. The molecule has 0 bridgehead atoms. The first kappa shape index (κ1) is 23.3. The lowest BCUT2D eigenvalue weighted by Crippen LogP contribution is -2.27. The predicted molar refractivity (Wildman–Crippen MR) is 130 cm³/mol. The summed E-state index contributed by atoms with van der Waals surface area (Å²) < 4.78 is 5.50. The molecular formula is C24H23ClN6O3. The van der Waals surface area contributed by atoms with E-state index >= 15 is 0 Å². The van der Waals surface area contributed by atoms with Crippen LogP contribution in [0.5, 0.6) is 5.75 Å². The van der Waals surface area contributed by atoms with Crippen molar-refractivity contribution in [2.45, 2.75) is 26.8 Å². The van der Waals surface area contributed by atoms with Crippen molar-refractivity contribution in [2.24, 2.45) is 0 Å². The van der Waals surface area contributed by atoms with E-state index in [0.29, 0.717) is 40.5 Å². The second-order valence-electron chi connectivity index (χ2n) is 7.69. The molecule has 1 amide bonds. The van der Waals surface area contributed by atoms with Crippen molar-refractivity contribution in [2.75, 3.05) is 24.4 Å². The number of nitrogens with one attached hydrogen (secondary N) is 1. The van der Waals surface area contributed by atoms with E-state index in [-0.39, 0.29) is 30.2 Å². The minimum Gasteiger partial charge on any atom is -0.496 e. The number of amides is 1. The summed E-state index contributed by atoms with van der Waals surface area (Å²) in [6, 6.07) is 1.80. The van der Waals surface area contributed by atoms with Gasteiger partial charge >= 0.3 is 0 Å². The van der Waals surface area contributed by atoms with E-state index in [9.17, 15) is 4.79 Å². The van der Waals surface area contributed by atoms with Crippen LogP contribution >= 0.6 is 11.6 Å². The van der Waals surface area contributed by atoms with Crippen molar-refractivity contribution < 1.29 is 14.6 Å². The maximum Gasteiger partial charge on any atom is 0.260 e. The summed E-state index contributed by atoms with van der Waals surface area (Å²) in [6.07, 6.45) is 5.49. The third-order valence-corrected chi connectivity index (χ3v) is 5.67. The molecule has 1 aliphatic rings. The number of hydrogen-bond donors (Lipinski definition) is 3. The van der Waals surface area contributed by atoms with Gasteiger partial charge in [0.25, 0.3) is 5.91 Å². The van der Waals surface area contributed by atoms with Gasteiger partial charge in [-0.1, -0.05) is 23.4 Å². The first-order valence-corrected chi connectivity index (χ1v) is 10.9. The second kappa shape index (κ2) is 9.55. The first-order chi connectivity index (χ1) is 16.3. The molecular weight excluding hydrogens is 456 g/mol. The highest BCUT2D eigenvalue weighted by molar-refractivity contribution is 6.41. The van der Waals surface area contributed by atoms with Gasteiger partial charge in [0.05, 0.1) is 37.1 Å². The highest BCUT2D eigenvalue weighted by Gasteiger charge is 2.37. The van der Waals surface area contributed by atoms with Crippen LogP contribution in [0.25, 0.3) is 11.6 Å². The van der Waals surface area contributed by atoms with Crippen LogP contribution in [0, 0.1) is 25.7 Å². The molecule has 0 spiro atoms. The Bertz CT molecular complexity index is 1370. The molecule has 0 atom stereocenters. The summed E-state index contributed by atoms with van der Waals surface area (Å²) in [4.78, 5) is 31.0. The molecule has 0 saturated carbocycles. The van der Waals surface area contributed by atoms with E-state index < -0.39 is 0 Å². The minimum atomic E-state index is -0.306. The number of aliphatic hydroxyl groups excluding tert-OH is 1. The zero-order chi connectivity index (χ0) is 24.4. The molecule has 34 heavy (non-hydrogen) atoms. The number of pyridine rings is 1. The Morgan fingerprint density at radius 1 is 1.35 bits per heavy atom. The lowest BCUT2D eigenvalue weighted by atomic mass is 10.1. The molecule has 10 heteroatoms. The molecule has 4 N–H and O–H groups in total. The summed E-state index contributed by atoms with van der Waals surface area (Å²) in [5, 5.41) is 8.98. The molecule has 4 rings (SSSR count). The first-order valence-electron chi connectivity index (χ1n) is 10.5. The summed E-state index contributed by atoms with van der Waals surface area (Å²) >= 11 is 6.42. The van der Waals surface area contributed by atoms with Crippen molar-refractivity contribution in [1.82, 2.24) is 19.9 Å². The molecule has 3 aromatic heterocycles. The fourth-order valence-electron chi connectivity index (χ4n) is 3.82.